The molecule has 1 unspecified atom stereocenters. The number of hydrogen-bond donors (Lipinski definition) is 3. The van der Waals surface area contributed by atoms with Crippen LogP contribution in [-0.2, 0) is 0 Å². The molecule has 0 spiro atoms. The Morgan fingerprint density at radius 2 is 1.65 bits per heavy atom. The Hall–Kier alpha value is -3.41. The molecule has 3 aromatic rings. The van der Waals surface area contributed by atoms with Crippen LogP contribution in [0.2, 0.25) is 0 Å². The molecule has 0 aliphatic heterocycles. The van der Waals surface area contributed by atoms with E-state index in [0.29, 0.717) is 23.1 Å². The second kappa shape index (κ2) is 7.65. The molecule has 6 nitrogen and oxygen atoms in total. The first-order chi connectivity index (χ1) is 12.5. The maximum absolute atomic E-state index is 11.4. The highest BCUT2D eigenvalue weighted by Gasteiger charge is 2.12. The normalized spacial score (nSPS) is 11.6. The first kappa shape index (κ1) is 17.4. The van der Waals surface area contributed by atoms with Crippen molar-refractivity contribution in [2.75, 3.05) is 10.6 Å². The Bertz CT molecular complexity index is 913. The monoisotopic (exact) mass is 348 g/mol. The topological polar surface area (TPSA) is 87.1 Å². The molecule has 3 N–H and O–H groups in total. The number of para-hydroxylation sites is 1. The highest BCUT2D eigenvalue weighted by molar-refractivity contribution is 5.95. The molecule has 132 valence electrons. The Kier molecular flexibility index (Phi) is 5.12. The molecule has 0 radical (unpaired) electrons. The standard InChI is InChI=1S/C20H20N4O2/c1-13(15-8-4-3-5-9-15)21-18-12-19(23-14(2)22-18)24-17-11-7-6-10-16(17)20(25)26/h3-13H,1-2H3,(H,25,26)(H2,21,22,23,24). The van der Waals surface area contributed by atoms with Crippen molar-refractivity contribution < 1.29 is 9.90 Å². The third kappa shape index (κ3) is 4.16. The lowest BCUT2D eigenvalue weighted by Gasteiger charge is -2.16. The lowest BCUT2D eigenvalue weighted by atomic mass is 10.1. The molecule has 0 fully saturated rings. The van der Waals surface area contributed by atoms with E-state index in [1.54, 1.807) is 37.3 Å². The number of hydrogen-bond acceptors (Lipinski definition) is 5. The second-order valence-electron chi connectivity index (χ2n) is 5.94. The summed E-state index contributed by atoms with van der Waals surface area (Å²) in [5.74, 6) is 0.804. The minimum atomic E-state index is -0.991. The summed E-state index contributed by atoms with van der Waals surface area (Å²) in [6.07, 6.45) is 0. The number of rotatable bonds is 6. The molecule has 6 heteroatoms. The smallest absolute Gasteiger partial charge is 0.337 e. The van der Waals surface area contributed by atoms with Crippen molar-refractivity contribution in [2.24, 2.45) is 0 Å². The van der Waals surface area contributed by atoms with E-state index in [1.165, 1.54) is 0 Å². The summed E-state index contributed by atoms with van der Waals surface area (Å²) >= 11 is 0. The van der Waals surface area contributed by atoms with Gasteiger partial charge in [-0.3, -0.25) is 0 Å². The van der Waals surface area contributed by atoms with Crippen LogP contribution >= 0.6 is 0 Å². The molecule has 0 amide bonds. The van der Waals surface area contributed by atoms with Gasteiger partial charge < -0.3 is 15.7 Å². The first-order valence-electron chi connectivity index (χ1n) is 8.29. The summed E-state index contributed by atoms with van der Waals surface area (Å²) in [5, 5.41) is 15.7. The Morgan fingerprint density at radius 1 is 1.00 bits per heavy atom. The van der Waals surface area contributed by atoms with Crippen LogP contribution in [0, 0.1) is 6.92 Å². The molecule has 0 saturated heterocycles. The fourth-order valence-corrected chi connectivity index (χ4v) is 2.67. The molecule has 0 aliphatic carbocycles. The van der Waals surface area contributed by atoms with Crippen molar-refractivity contribution in [1.82, 2.24) is 9.97 Å². The van der Waals surface area contributed by atoms with E-state index in [-0.39, 0.29) is 11.6 Å². The predicted octanol–water partition coefficient (Wildman–Crippen LogP) is 4.40. The zero-order valence-corrected chi connectivity index (χ0v) is 14.6. The van der Waals surface area contributed by atoms with Crippen LogP contribution in [0.4, 0.5) is 17.3 Å². The van der Waals surface area contributed by atoms with Crippen molar-refractivity contribution in [3.8, 4) is 0 Å². The van der Waals surface area contributed by atoms with Gasteiger partial charge >= 0.3 is 5.97 Å². The number of nitrogens with one attached hydrogen (secondary N) is 2. The maximum Gasteiger partial charge on any atom is 0.337 e. The Morgan fingerprint density at radius 3 is 2.38 bits per heavy atom. The number of carboxylic acids is 1. The number of benzene rings is 2. The molecular weight excluding hydrogens is 328 g/mol. The van der Waals surface area contributed by atoms with Crippen LogP contribution in [0.15, 0.2) is 60.7 Å². The van der Waals surface area contributed by atoms with Crippen LogP contribution in [0.5, 0.6) is 0 Å². The molecule has 3 rings (SSSR count). The summed E-state index contributed by atoms with van der Waals surface area (Å²) in [4.78, 5) is 20.1. The van der Waals surface area contributed by atoms with Crippen molar-refractivity contribution in [3.63, 3.8) is 0 Å². The zero-order chi connectivity index (χ0) is 18.5. The molecule has 1 atom stereocenters. The van der Waals surface area contributed by atoms with E-state index in [1.807, 2.05) is 30.3 Å². The minimum absolute atomic E-state index is 0.0738. The fraction of sp³-hybridized carbons (Fsp3) is 0.150. The van der Waals surface area contributed by atoms with E-state index in [4.69, 9.17) is 0 Å². The quantitative estimate of drug-likeness (QED) is 0.612. The summed E-state index contributed by atoms with van der Waals surface area (Å²) in [6, 6.07) is 18.6. The van der Waals surface area contributed by atoms with Crippen molar-refractivity contribution >= 4 is 23.3 Å². The van der Waals surface area contributed by atoms with Crippen LogP contribution < -0.4 is 10.6 Å². The van der Waals surface area contributed by atoms with Crippen LogP contribution in [0.25, 0.3) is 0 Å². The fourth-order valence-electron chi connectivity index (χ4n) is 2.67. The summed E-state index contributed by atoms with van der Waals surface area (Å²) in [5.41, 5.74) is 1.82. The van der Waals surface area contributed by atoms with Gasteiger partial charge in [0.25, 0.3) is 0 Å². The van der Waals surface area contributed by atoms with E-state index in [9.17, 15) is 9.90 Å². The molecule has 2 aromatic carbocycles. The van der Waals surface area contributed by atoms with E-state index < -0.39 is 5.97 Å². The Labute approximate surface area is 152 Å². The van der Waals surface area contributed by atoms with Gasteiger partial charge in [0.15, 0.2) is 0 Å². The molecule has 0 saturated carbocycles. The molecule has 0 bridgehead atoms. The molecule has 1 aromatic heterocycles. The number of carboxylic acid groups (broad SMARTS) is 1. The number of aromatic carboxylic acids is 1. The lowest BCUT2D eigenvalue weighted by Crippen LogP contribution is -2.10. The molecule has 26 heavy (non-hydrogen) atoms. The Balaban J connectivity index is 1.83. The molecule has 0 aliphatic rings. The van der Waals surface area contributed by atoms with E-state index >= 15 is 0 Å². The van der Waals surface area contributed by atoms with Gasteiger partial charge in [0.05, 0.1) is 11.3 Å². The van der Waals surface area contributed by atoms with Crippen molar-refractivity contribution in [3.05, 3.63) is 77.6 Å². The summed E-state index contributed by atoms with van der Waals surface area (Å²) in [6.45, 7) is 3.85. The lowest BCUT2D eigenvalue weighted by molar-refractivity contribution is 0.0698. The minimum Gasteiger partial charge on any atom is -0.478 e. The van der Waals surface area contributed by atoms with Crippen LogP contribution in [-0.4, -0.2) is 21.0 Å². The highest BCUT2D eigenvalue weighted by Crippen LogP contribution is 2.23. The van der Waals surface area contributed by atoms with Gasteiger partial charge in [0, 0.05) is 12.1 Å². The van der Waals surface area contributed by atoms with E-state index in [0.717, 1.165) is 5.56 Å². The van der Waals surface area contributed by atoms with Gasteiger partial charge in [-0.15, -0.1) is 0 Å². The van der Waals surface area contributed by atoms with E-state index in [2.05, 4.69) is 27.5 Å². The first-order valence-corrected chi connectivity index (χ1v) is 8.29. The predicted molar refractivity (Wildman–Crippen MR) is 102 cm³/mol. The molecular formula is C20H20N4O2. The molecule has 1 heterocycles. The summed E-state index contributed by atoms with van der Waals surface area (Å²) < 4.78 is 0. The average Bonchev–Trinajstić information content (AvgIpc) is 2.62. The number of carbonyl (C=O) groups is 1. The van der Waals surface area contributed by atoms with Crippen molar-refractivity contribution in [2.45, 2.75) is 19.9 Å². The zero-order valence-electron chi connectivity index (χ0n) is 14.6. The number of anilines is 3. The SMILES string of the molecule is Cc1nc(Nc2ccccc2C(=O)O)cc(NC(C)c2ccccc2)n1. The van der Waals surface area contributed by atoms with Gasteiger partial charge in [-0.1, -0.05) is 42.5 Å². The number of nitrogens with zero attached hydrogens (tertiary/aromatic N) is 2. The van der Waals surface area contributed by atoms with Gasteiger partial charge in [-0.2, -0.15) is 0 Å². The number of aromatic nitrogens is 2. The maximum atomic E-state index is 11.4. The van der Waals surface area contributed by atoms with Gasteiger partial charge in [-0.25, -0.2) is 14.8 Å². The van der Waals surface area contributed by atoms with Crippen LogP contribution in [0.3, 0.4) is 0 Å². The summed E-state index contributed by atoms with van der Waals surface area (Å²) in [7, 11) is 0. The highest BCUT2D eigenvalue weighted by atomic mass is 16.4. The van der Waals surface area contributed by atoms with Crippen molar-refractivity contribution in [1.29, 1.82) is 0 Å². The van der Waals surface area contributed by atoms with Gasteiger partial charge in [-0.05, 0) is 31.5 Å². The third-order valence-corrected chi connectivity index (χ3v) is 3.92. The number of aryl methyl sites for hydroxylation is 1. The van der Waals surface area contributed by atoms with Gasteiger partial charge in [0.2, 0.25) is 0 Å². The average molecular weight is 348 g/mol. The second-order valence-corrected chi connectivity index (χ2v) is 5.94. The largest absolute Gasteiger partial charge is 0.478 e. The van der Waals surface area contributed by atoms with Gasteiger partial charge in [0.1, 0.15) is 17.5 Å². The van der Waals surface area contributed by atoms with Crippen LogP contribution in [0.1, 0.15) is 34.7 Å². The third-order valence-electron chi connectivity index (χ3n) is 3.92.